The predicted molar refractivity (Wildman–Crippen MR) is 142 cm³/mol. The van der Waals surface area contributed by atoms with Crippen LogP contribution in [-0.2, 0) is 4.79 Å². The molecule has 1 atom stereocenters. The summed E-state index contributed by atoms with van der Waals surface area (Å²) >= 11 is 1.34. The van der Waals surface area contributed by atoms with Crippen molar-refractivity contribution < 1.29 is 19.1 Å². The maximum Gasteiger partial charge on any atom is 0.271 e. The minimum Gasteiger partial charge on any atom is -0.497 e. The Morgan fingerprint density at radius 3 is 2.31 bits per heavy atom. The number of nitrogens with zero attached hydrogens (tertiary/aromatic N) is 2. The number of methoxy groups -OCH3 is 2. The minimum absolute atomic E-state index is 0.0987. The van der Waals surface area contributed by atoms with E-state index in [1.54, 1.807) is 25.2 Å². The van der Waals surface area contributed by atoms with Gasteiger partial charge in [-0.1, -0.05) is 37.5 Å². The summed E-state index contributed by atoms with van der Waals surface area (Å²) in [7, 11) is 3.18. The maximum absolute atomic E-state index is 14.2. The molecule has 2 aromatic carbocycles. The van der Waals surface area contributed by atoms with Gasteiger partial charge in [0.15, 0.2) is 0 Å². The van der Waals surface area contributed by atoms with Crippen molar-refractivity contribution in [3.8, 4) is 11.5 Å². The van der Waals surface area contributed by atoms with E-state index in [0.717, 1.165) is 30.7 Å². The first-order valence-corrected chi connectivity index (χ1v) is 13.1. The Balaban J connectivity index is 1.83. The molecule has 3 aromatic rings. The van der Waals surface area contributed by atoms with E-state index in [1.165, 1.54) is 17.8 Å². The number of benzene rings is 2. The highest BCUT2D eigenvalue weighted by molar-refractivity contribution is 7.13. The molecule has 0 spiro atoms. The number of hydrogen-bond donors (Lipinski definition) is 1. The van der Waals surface area contributed by atoms with Crippen LogP contribution in [0.5, 0.6) is 11.5 Å². The van der Waals surface area contributed by atoms with Crippen LogP contribution in [0.1, 0.15) is 64.1 Å². The number of carbonyl (C=O) groups is 2. The molecule has 0 saturated heterocycles. The predicted octanol–water partition coefficient (Wildman–Crippen LogP) is 5.61. The first-order chi connectivity index (χ1) is 17.4. The van der Waals surface area contributed by atoms with Gasteiger partial charge >= 0.3 is 0 Å². The van der Waals surface area contributed by atoms with Crippen molar-refractivity contribution in [3.63, 3.8) is 0 Å². The van der Waals surface area contributed by atoms with Crippen LogP contribution in [0.3, 0.4) is 0 Å². The Labute approximate surface area is 216 Å². The van der Waals surface area contributed by atoms with Crippen LogP contribution < -0.4 is 19.7 Å². The fourth-order valence-corrected chi connectivity index (χ4v) is 5.57. The monoisotopic (exact) mass is 507 g/mol. The molecule has 0 radical (unpaired) electrons. The first-order valence-electron chi connectivity index (χ1n) is 12.3. The molecular weight excluding hydrogens is 474 g/mol. The lowest BCUT2D eigenvalue weighted by Gasteiger charge is -2.33. The average Bonchev–Trinajstić information content (AvgIpc) is 3.25. The van der Waals surface area contributed by atoms with E-state index >= 15 is 0 Å². The number of anilines is 1. The molecule has 1 aliphatic rings. The summed E-state index contributed by atoms with van der Waals surface area (Å²) < 4.78 is 10.8. The standard InChI is InChI=1S/C28H33N3O4S/c1-18-26(36-19(2)29-18)28(33)31(22-11-8-12-24(17-22)35-4)25(20-13-15-23(34-3)16-14-20)27(32)30-21-9-6-5-7-10-21/h8,11-17,21,25H,5-7,9-10H2,1-4H3,(H,30,32). The van der Waals surface area contributed by atoms with E-state index in [2.05, 4.69) is 10.3 Å². The molecule has 36 heavy (non-hydrogen) atoms. The summed E-state index contributed by atoms with van der Waals surface area (Å²) in [6.07, 6.45) is 5.27. The lowest BCUT2D eigenvalue weighted by atomic mass is 9.94. The number of hydrogen-bond acceptors (Lipinski definition) is 6. The SMILES string of the molecule is COc1ccc(C(C(=O)NC2CCCCC2)N(C(=O)c2sc(C)nc2C)c2cccc(OC)c2)cc1. The molecule has 7 nitrogen and oxygen atoms in total. The third kappa shape index (κ3) is 5.70. The number of rotatable bonds is 8. The Hall–Kier alpha value is -3.39. The fraction of sp³-hybridized carbons (Fsp3) is 0.393. The van der Waals surface area contributed by atoms with Crippen LogP contribution >= 0.6 is 11.3 Å². The fourth-order valence-electron chi connectivity index (χ4n) is 4.71. The number of amides is 2. The molecule has 0 aliphatic heterocycles. The summed E-state index contributed by atoms with van der Waals surface area (Å²) in [6, 6.07) is 13.8. The number of nitrogens with one attached hydrogen (secondary N) is 1. The van der Waals surface area contributed by atoms with E-state index in [1.807, 2.05) is 56.3 Å². The second-order valence-electron chi connectivity index (χ2n) is 9.04. The Kier molecular flexibility index (Phi) is 8.25. The third-order valence-corrected chi connectivity index (χ3v) is 7.60. The van der Waals surface area contributed by atoms with Gasteiger partial charge in [-0.3, -0.25) is 14.5 Å². The van der Waals surface area contributed by atoms with Crippen molar-refractivity contribution in [1.29, 1.82) is 0 Å². The number of carbonyl (C=O) groups excluding carboxylic acids is 2. The van der Waals surface area contributed by atoms with Gasteiger partial charge in [-0.15, -0.1) is 11.3 Å². The first kappa shape index (κ1) is 25.7. The average molecular weight is 508 g/mol. The van der Waals surface area contributed by atoms with Crippen molar-refractivity contribution in [3.05, 3.63) is 69.7 Å². The lowest BCUT2D eigenvalue weighted by molar-refractivity contribution is -0.123. The summed E-state index contributed by atoms with van der Waals surface area (Å²) in [6.45, 7) is 3.70. The number of aryl methyl sites for hydroxylation is 2. The second-order valence-corrected chi connectivity index (χ2v) is 10.2. The van der Waals surface area contributed by atoms with Gasteiger partial charge in [0.2, 0.25) is 5.91 Å². The van der Waals surface area contributed by atoms with Gasteiger partial charge in [0.05, 0.1) is 24.9 Å². The minimum atomic E-state index is -0.890. The van der Waals surface area contributed by atoms with Gasteiger partial charge in [-0.2, -0.15) is 0 Å². The lowest BCUT2D eigenvalue weighted by Crippen LogP contribution is -2.47. The van der Waals surface area contributed by atoms with Crippen molar-refractivity contribution >= 4 is 28.8 Å². The van der Waals surface area contributed by atoms with Gasteiger partial charge in [0.1, 0.15) is 22.4 Å². The van der Waals surface area contributed by atoms with Crippen LogP contribution in [0, 0.1) is 13.8 Å². The van der Waals surface area contributed by atoms with Crippen molar-refractivity contribution in [2.45, 2.75) is 58.0 Å². The molecule has 0 bridgehead atoms. The Morgan fingerprint density at radius 2 is 1.69 bits per heavy atom. The van der Waals surface area contributed by atoms with E-state index < -0.39 is 6.04 Å². The zero-order valence-corrected chi connectivity index (χ0v) is 22.1. The van der Waals surface area contributed by atoms with E-state index in [0.29, 0.717) is 33.3 Å². The summed E-state index contributed by atoms with van der Waals surface area (Å²) in [5, 5.41) is 4.04. The summed E-state index contributed by atoms with van der Waals surface area (Å²) in [4.78, 5) is 34.7. The highest BCUT2D eigenvalue weighted by Gasteiger charge is 2.36. The smallest absolute Gasteiger partial charge is 0.271 e. The second kappa shape index (κ2) is 11.6. The van der Waals surface area contributed by atoms with Crippen LogP contribution in [0.4, 0.5) is 5.69 Å². The largest absolute Gasteiger partial charge is 0.497 e. The van der Waals surface area contributed by atoms with E-state index in [9.17, 15) is 9.59 Å². The van der Waals surface area contributed by atoms with Crippen LogP contribution in [-0.4, -0.2) is 37.1 Å². The molecule has 1 saturated carbocycles. The molecule has 1 aliphatic carbocycles. The van der Waals surface area contributed by atoms with Crippen molar-refractivity contribution in [1.82, 2.24) is 10.3 Å². The molecule has 1 heterocycles. The zero-order valence-electron chi connectivity index (χ0n) is 21.2. The molecule has 2 amide bonds. The normalized spacial score (nSPS) is 14.7. The third-order valence-electron chi connectivity index (χ3n) is 6.54. The van der Waals surface area contributed by atoms with Crippen LogP contribution in [0.2, 0.25) is 0 Å². The zero-order chi connectivity index (χ0) is 25.7. The topological polar surface area (TPSA) is 80.8 Å². The van der Waals surface area contributed by atoms with Crippen LogP contribution in [0.25, 0.3) is 0 Å². The summed E-state index contributed by atoms with van der Waals surface area (Å²) in [5.41, 5.74) is 1.92. The number of aromatic nitrogens is 1. The molecule has 190 valence electrons. The van der Waals surface area contributed by atoms with Gasteiger partial charge in [-0.25, -0.2) is 4.98 Å². The van der Waals surface area contributed by atoms with Gasteiger partial charge in [0.25, 0.3) is 5.91 Å². The molecule has 1 unspecified atom stereocenters. The highest BCUT2D eigenvalue weighted by atomic mass is 32.1. The molecule has 8 heteroatoms. The Bertz CT molecular complexity index is 1200. The molecule has 1 N–H and O–H groups in total. The van der Waals surface area contributed by atoms with Crippen molar-refractivity contribution in [2.24, 2.45) is 0 Å². The Morgan fingerprint density at radius 1 is 1.00 bits per heavy atom. The number of ether oxygens (including phenoxy) is 2. The number of thiazole rings is 1. The quantitative estimate of drug-likeness (QED) is 0.428. The summed E-state index contributed by atoms with van der Waals surface area (Å²) in [5.74, 6) is 0.801. The van der Waals surface area contributed by atoms with Crippen molar-refractivity contribution in [2.75, 3.05) is 19.1 Å². The molecular formula is C28H33N3O4S. The van der Waals surface area contributed by atoms with E-state index in [4.69, 9.17) is 9.47 Å². The van der Waals surface area contributed by atoms with Gasteiger partial charge < -0.3 is 14.8 Å². The maximum atomic E-state index is 14.2. The molecule has 4 rings (SSSR count). The highest BCUT2D eigenvalue weighted by Crippen LogP contribution is 2.34. The van der Waals surface area contributed by atoms with Gasteiger partial charge in [0, 0.05) is 17.8 Å². The van der Waals surface area contributed by atoms with Crippen LogP contribution in [0.15, 0.2) is 48.5 Å². The van der Waals surface area contributed by atoms with Gasteiger partial charge in [-0.05, 0) is 56.5 Å². The van der Waals surface area contributed by atoms with E-state index in [-0.39, 0.29) is 17.9 Å². The molecule has 1 aromatic heterocycles. The molecule has 1 fully saturated rings.